The van der Waals surface area contributed by atoms with Crippen LogP contribution in [0.25, 0.3) is 11.1 Å². The molecule has 0 aliphatic carbocycles. The van der Waals surface area contributed by atoms with Crippen molar-refractivity contribution in [2.45, 2.75) is 0 Å². The van der Waals surface area contributed by atoms with Crippen LogP contribution in [0.5, 0.6) is 5.75 Å². The van der Waals surface area contributed by atoms with Gasteiger partial charge in [0.05, 0.1) is 19.8 Å². The Morgan fingerprint density at radius 1 is 1.24 bits per heavy atom. The molecule has 106 valence electrons. The molecule has 0 saturated carbocycles. The summed E-state index contributed by atoms with van der Waals surface area (Å²) in [6.07, 6.45) is 0. The Kier molecular flexibility index (Phi) is 4.19. The highest BCUT2D eigenvalue weighted by Gasteiger charge is 2.25. The van der Waals surface area contributed by atoms with E-state index in [0.29, 0.717) is 5.56 Å². The molecule has 0 aliphatic rings. The van der Waals surface area contributed by atoms with Crippen LogP contribution in [-0.2, 0) is 4.74 Å². The van der Waals surface area contributed by atoms with Gasteiger partial charge in [-0.05, 0) is 5.56 Å². The van der Waals surface area contributed by atoms with E-state index in [1.165, 1.54) is 14.2 Å². The number of halogens is 1. The summed E-state index contributed by atoms with van der Waals surface area (Å²) in [4.78, 5) is 11.9. The van der Waals surface area contributed by atoms with Crippen LogP contribution in [0.1, 0.15) is 15.9 Å². The summed E-state index contributed by atoms with van der Waals surface area (Å²) in [6.45, 7) is 0. The quantitative estimate of drug-likeness (QED) is 0.813. The maximum Gasteiger partial charge on any atom is 0.343 e. The Morgan fingerprint density at radius 2 is 1.90 bits per heavy atom. The zero-order valence-corrected chi connectivity index (χ0v) is 11.5. The van der Waals surface area contributed by atoms with Gasteiger partial charge in [-0.1, -0.05) is 30.3 Å². The molecule has 0 aliphatic heterocycles. The van der Waals surface area contributed by atoms with Crippen molar-refractivity contribution in [2.75, 3.05) is 14.2 Å². The summed E-state index contributed by atoms with van der Waals surface area (Å²) in [5, 5.41) is 9.37. The van der Waals surface area contributed by atoms with Gasteiger partial charge in [-0.3, -0.25) is 0 Å². The maximum absolute atomic E-state index is 14.3. The predicted molar refractivity (Wildman–Crippen MR) is 74.4 cm³/mol. The van der Waals surface area contributed by atoms with E-state index in [-0.39, 0.29) is 22.4 Å². The van der Waals surface area contributed by atoms with Crippen LogP contribution in [0.3, 0.4) is 0 Å². The largest absolute Gasteiger partial charge is 0.496 e. The van der Waals surface area contributed by atoms with Crippen LogP contribution < -0.4 is 4.74 Å². The summed E-state index contributed by atoms with van der Waals surface area (Å²) in [7, 11) is 2.49. The molecule has 4 nitrogen and oxygen atoms in total. The van der Waals surface area contributed by atoms with E-state index >= 15 is 0 Å². The third-order valence-corrected chi connectivity index (χ3v) is 3.03. The van der Waals surface area contributed by atoms with E-state index < -0.39 is 11.8 Å². The molecule has 0 N–H and O–H groups in total. The standard InChI is InChI=1S/C16H12FNO3/c1-20-13-8-12(17)14(10-6-4-3-5-7-10)11(9-18)15(13)16(19)21-2/h3-8H,1-2H3. The number of ether oxygens (including phenoxy) is 2. The SMILES string of the molecule is COC(=O)c1c(OC)cc(F)c(-c2ccccc2)c1C#N. The van der Waals surface area contributed by atoms with Gasteiger partial charge in [0, 0.05) is 11.6 Å². The van der Waals surface area contributed by atoms with Crippen molar-refractivity contribution in [1.29, 1.82) is 5.26 Å². The van der Waals surface area contributed by atoms with Crippen LogP contribution in [0, 0.1) is 17.1 Å². The molecule has 2 aromatic carbocycles. The van der Waals surface area contributed by atoms with Crippen molar-refractivity contribution >= 4 is 5.97 Å². The monoisotopic (exact) mass is 285 g/mol. The van der Waals surface area contributed by atoms with Crippen molar-refractivity contribution in [3.63, 3.8) is 0 Å². The Hall–Kier alpha value is -2.87. The van der Waals surface area contributed by atoms with Gasteiger partial charge in [-0.2, -0.15) is 5.26 Å². The van der Waals surface area contributed by atoms with Gasteiger partial charge in [-0.25, -0.2) is 9.18 Å². The van der Waals surface area contributed by atoms with Gasteiger partial charge >= 0.3 is 5.97 Å². The summed E-state index contributed by atoms with van der Waals surface area (Å²) in [5.41, 5.74) is 0.367. The number of esters is 1. The maximum atomic E-state index is 14.3. The minimum absolute atomic E-state index is 0.0319. The second-order valence-electron chi connectivity index (χ2n) is 4.16. The Balaban J connectivity index is 2.84. The fraction of sp³-hybridized carbons (Fsp3) is 0.125. The first-order valence-corrected chi connectivity index (χ1v) is 6.08. The van der Waals surface area contributed by atoms with Crippen LogP contribution in [0.15, 0.2) is 36.4 Å². The number of carbonyl (C=O) groups excluding carboxylic acids is 1. The van der Waals surface area contributed by atoms with E-state index in [1.807, 2.05) is 6.07 Å². The number of hydrogen-bond donors (Lipinski definition) is 0. The van der Waals surface area contributed by atoms with Gasteiger partial charge in [0.2, 0.25) is 0 Å². The van der Waals surface area contributed by atoms with Crippen LogP contribution in [0.4, 0.5) is 4.39 Å². The summed E-state index contributed by atoms with van der Waals surface area (Å²) in [5.74, 6) is -1.42. The van der Waals surface area contributed by atoms with Crippen LogP contribution >= 0.6 is 0 Å². The van der Waals surface area contributed by atoms with Gasteiger partial charge in [-0.15, -0.1) is 0 Å². The lowest BCUT2D eigenvalue weighted by Gasteiger charge is -2.13. The number of hydrogen-bond acceptors (Lipinski definition) is 4. The number of carbonyl (C=O) groups is 1. The molecule has 0 saturated heterocycles. The summed E-state index contributed by atoms with van der Waals surface area (Å²) in [6, 6.07) is 11.5. The molecule has 0 atom stereocenters. The van der Waals surface area contributed by atoms with Crippen molar-refractivity contribution in [3.8, 4) is 22.9 Å². The number of methoxy groups -OCH3 is 2. The van der Waals surface area contributed by atoms with Gasteiger partial charge < -0.3 is 9.47 Å². The number of nitriles is 1. The van der Waals surface area contributed by atoms with E-state index in [0.717, 1.165) is 6.07 Å². The van der Waals surface area contributed by atoms with Gasteiger partial charge in [0.15, 0.2) is 0 Å². The third-order valence-electron chi connectivity index (χ3n) is 3.03. The van der Waals surface area contributed by atoms with E-state index in [9.17, 15) is 14.4 Å². The zero-order chi connectivity index (χ0) is 15.4. The van der Waals surface area contributed by atoms with Gasteiger partial charge in [0.1, 0.15) is 23.2 Å². The van der Waals surface area contributed by atoms with Crippen molar-refractivity contribution in [3.05, 3.63) is 53.3 Å². The highest BCUT2D eigenvalue weighted by molar-refractivity contribution is 5.98. The third kappa shape index (κ3) is 2.56. The minimum atomic E-state index is -0.749. The predicted octanol–water partition coefficient (Wildman–Crippen LogP) is 3.16. The molecule has 0 radical (unpaired) electrons. The van der Waals surface area contributed by atoms with Crippen molar-refractivity contribution in [2.24, 2.45) is 0 Å². The number of benzene rings is 2. The lowest BCUT2D eigenvalue weighted by atomic mass is 9.94. The molecule has 0 bridgehead atoms. The second-order valence-corrected chi connectivity index (χ2v) is 4.16. The lowest BCUT2D eigenvalue weighted by Crippen LogP contribution is -2.09. The average Bonchev–Trinajstić information content (AvgIpc) is 2.53. The highest BCUT2D eigenvalue weighted by Crippen LogP contribution is 2.34. The molecule has 0 aromatic heterocycles. The smallest absolute Gasteiger partial charge is 0.343 e. The molecule has 0 fully saturated rings. The number of rotatable bonds is 3. The average molecular weight is 285 g/mol. The van der Waals surface area contributed by atoms with E-state index in [2.05, 4.69) is 4.74 Å². The van der Waals surface area contributed by atoms with Gasteiger partial charge in [0.25, 0.3) is 0 Å². The molecule has 0 amide bonds. The molecule has 0 heterocycles. The van der Waals surface area contributed by atoms with Crippen LogP contribution in [0.2, 0.25) is 0 Å². The molecule has 21 heavy (non-hydrogen) atoms. The molecule has 5 heteroatoms. The molecule has 0 unspecified atom stereocenters. The van der Waals surface area contributed by atoms with Crippen LogP contribution in [-0.4, -0.2) is 20.2 Å². The topological polar surface area (TPSA) is 59.3 Å². The first kappa shape index (κ1) is 14.5. The minimum Gasteiger partial charge on any atom is -0.496 e. The summed E-state index contributed by atoms with van der Waals surface area (Å²) >= 11 is 0. The fourth-order valence-electron chi connectivity index (χ4n) is 2.09. The summed E-state index contributed by atoms with van der Waals surface area (Å²) < 4.78 is 24.0. The Morgan fingerprint density at radius 3 is 2.43 bits per heavy atom. The Labute approximate surface area is 121 Å². The van der Waals surface area contributed by atoms with Crippen molar-refractivity contribution < 1.29 is 18.7 Å². The van der Waals surface area contributed by atoms with E-state index in [4.69, 9.17) is 4.74 Å². The lowest BCUT2D eigenvalue weighted by molar-refractivity contribution is 0.0596. The molecular weight excluding hydrogens is 273 g/mol. The highest BCUT2D eigenvalue weighted by atomic mass is 19.1. The number of nitrogens with zero attached hydrogens (tertiary/aromatic N) is 1. The zero-order valence-electron chi connectivity index (χ0n) is 11.5. The molecule has 2 aromatic rings. The molecule has 2 rings (SSSR count). The molecule has 0 spiro atoms. The first-order valence-electron chi connectivity index (χ1n) is 6.08. The second kappa shape index (κ2) is 6.06. The normalized spacial score (nSPS) is 9.81. The molecular formula is C16H12FNO3. The Bertz CT molecular complexity index is 721. The first-order chi connectivity index (χ1) is 10.1. The van der Waals surface area contributed by atoms with E-state index in [1.54, 1.807) is 30.3 Å². The van der Waals surface area contributed by atoms with Crippen molar-refractivity contribution in [1.82, 2.24) is 0 Å². The fourth-order valence-corrected chi connectivity index (χ4v) is 2.09.